The maximum atomic E-state index is 13.2. The first-order valence-corrected chi connectivity index (χ1v) is 11.3. The summed E-state index contributed by atoms with van der Waals surface area (Å²) in [6, 6.07) is 15.4. The Hall–Kier alpha value is -2.82. The number of carbonyl (C=O) groups is 2. The Balaban J connectivity index is 1.75. The number of ether oxygens (including phenoxy) is 1. The topological polar surface area (TPSA) is 58.6 Å². The standard InChI is InChI=1S/C26H34N2O3/c1-4-24(26(30)27-22-10-5-6-11-22)28(17-21-9-7-8-20(3)16-21)25(29)18-31-23-14-12-19(2)13-15-23/h7-9,12-16,22,24H,4-6,10-11,17-18H2,1-3H3,(H,27,30)/t24-/m0/s1. The van der Waals surface area contributed by atoms with Crippen molar-refractivity contribution in [2.75, 3.05) is 6.61 Å². The van der Waals surface area contributed by atoms with E-state index >= 15 is 0 Å². The summed E-state index contributed by atoms with van der Waals surface area (Å²) in [6.45, 7) is 6.28. The summed E-state index contributed by atoms with van der Waals surface area (Å²) in [5, 5.41) is 3.17. The predicted molar refractivity (Wildman–Crippen MR) is 123 cm³/mol. The lowest BCUT2D eigenvalue weighted by molar-refractivity contribution is -0.143. The van der Waals surface area contributed by atoms with Crippen LogP contribution in [0.2, 0.25) is 0 Å². The first kappa shape index (κ1) is 22.9. The Bertz CT molecular complexity index is 872. The fourth-order valence-electron chi connectivity index (χ4n) is 4.16. The van der Waals surface area contributed by atoms with Gasteiger partial charge in [-0.05, 0) is 50.8 Å². The molecule has 0 aromatic heterocycles. The van der Waals surface area contributed by atoms with Crippen LogP contribution in [0.5, 0.6) is 5.75 Å². The van der Waals surface area contributed by atoms with Gasteiger partial charge in [-0.3, -0.25) is 9.59 Å². The van der Waals surface area contributed by atoms with Gasteiger partial charge < -0.3 is 15.0 Å². The van der Waals surface area contributed by atoms with Crippen molar-refractivity contribution in [3.8, 4) is 5.75 Å². The fourth-order valence-corrected chi connectivity index (χ4v) is 4.16. The highest BCUT2D eigenvalue weighted by atomic mass is 16.5. The lowest BCUT2D eigenvalue weighted by Gasteiger charge is -2.31. The molecule has 31 heavy (non-hydrogen) atoms. The van der Waals surface area contributed by atoms with Crippen molar-refractivity contribution in [2.24, 2.45) is 0 Å². The van der Waals surface area contributed by atoms with E-state index in [9.17, 15) is 9.59 Å². The number of aryl methyl sites for hydroxylation is 2. The Morgan fingerprint density at radius 1 is 1.06 bits per heavy atom. The smallest absolute Gasteiger partial charge is 0.261 e. The molecule has 5 heteroatoms. The number of hydrogen-bond acceptors (Lipinski definition) is 3. The Morgan fingerprint density at radius 3 is 2.42 bits per heavy atom. The molecule has 0 spiro atoms. The maximum absolute atomic E-state index is 13.2. The summed E-state index contributed by atoms with van der Waals surface area (Å²) in [6.07, 6.45) is 4.89. The minimum absolute atomic E-state index is 0.0641. The van der Waals surface area contributed by atoms with Crippen LogP contribution in [0.25, 0.3) is 0 Å². The minimum atomic E-state index is -0.518. The molecule has 2 aromatic carbocycles. The monoisotopic (exact) mass is 422 g/mol. The van der Waals surface area contributed by atoms with Gasteiger partial charge in [0.05, 0.1) is 0 Å². The number of nitrogens with one attached hydrogen (secondary N) is 1. The molecular weight excluding hydrogens is 388 g/mol. The molecule has 1 fully saturated rings. The predicted octanol–water partition coefficient (Wildman–Crippen LogP) is 4.55. The van der Waals surface area contributed by atoms with E-state index in [0.717, 1.165) is 42.4 Å². The Labute approximate surface area is 185 Å². The van der Waals surface area contributed by atoms with Gasteiger partial charge in [0.25, 0.3) is 5.91 Å². The van der Waals surface area contributed by atoms with Gasteiger partial charge in [0.2, 0.25) is 5.91 Å². The molecule has 0 aliphatic heterocycles. The largest absolute Gasteiger partial charge is 0.484 e. The van der Waals surface area contributed by atoms with E-state index in [1.54, 1.807) is 4.90 Å². The normalized spacial score (nSPS) is 14.8. The Morgan fingerprint density at radius 2 is 1.77 bits per heavy atom. The van der Waals surface area contributed by atoms with Gasteiger partial charge in [0, 0.05) is 12.6 Å². The number of nitrogens with zero attached hydrogens (tertiary/aromatic N) is 1. The zero-order chi connectivity index (χ0) is 22.2. The molecule has 1 N–H and O–H groups in total. The van der Waals surface area contributed by atoms with Crippen LogP contribution in [0.15, 0.2) is 48.5 Å². The van der Waals surface area contributed by atoms with Gasteiger partial charge >= 0.3 is 0 Å². The number of rotatable bonds is 9. The van der Waals surface area contributed by atoms with E-state index in [1.165, 1.54) is 0 Å². The van der Waals surface area contributed by atoms with Crippen LogP contribution in [0, 0.1) is 13.8 Å². The number of carbonyl (C=O) groups excluding carboxylic acids is 2. The molecule has 2 amide bonds. The van der Waals surface area contributed by atoms with Crippen LogP contribution >= 0.6 is 0 Å². The highest BCUT2D eigenvalue weighted by Crippen LogP contribution is 2.20. The number of hydrogen-bond donors (Lipinski definition) is 1. The third-order valence-corrected chi connectivity index (χ3v) is 5.91. The second-order valence-corrected chi connectivity index (χ2v) is 8.53. The van der Waals surface area contributed by atoms with Crippen molar-refractivity contribution in [3.63, 3.8) is 0 Å². The molecule has 1 aliphatic rings. The summed E-state index contributed by atoms with van der Waals surface area (Å²) in [5.41, 5.74) is 3.27. The SMILES string of the molecule is CC[C@@H](C(=O)NC1CCCC1)N(Cc1cccc(C)c1)C(=O)COc1ccc(C)cc1. The highest BCUT2D eigenvalue weighted by Gasteiger charge is 2.30. The van der Waals surface area contributed by atoms with E-state index in [4.69, 9.17) is 4.74 Å². The molecule has 2 aromatic rings. The lowest BCUT2D eigenvalue weighted by Crippen LogP contribution is -2.52. The molecule has 0 bridgehead atoms. The summed E-state index contributed by atoms with van der Waals surface area (Å²) in [4.78, 5) is 28.0. The molecule has 166 valence electrons. The molecule has 0 radical (unpaired) electrons. The van der Waals surface area contributed by atoms with E-state index < -0.39 is 6.04 Å². The van der Waals surface area contributed by atoms with Crippen LogP contribution in [-0.4, -0.2) is 35.4 Å². The first-order chi connectivity index (χ1) is 15.0. The molecule has 1 atom stereocenters. The van der Waals surface area contributed by atoms with Gasteiger partial charge in [0.15, 0.2) is 6.61 Å². The molecule has 3 rings (SSSR count). The molecule has 1 aliphatic carbocycles. The highest BCUT2D eigenvalue weighted by molar-refractivity contribution is 5.88. The van der Waals surface area contributed by atoms with Gasteiger partial charge in [-0.15, -0.1) is 0 Å². The van der Waals surface area contributed by atoms with Gasteiger partial charge in [-0.2, -0.15) is 0 Å². The third kappa shape index (κ3) is 6.58. The van der Waals surface area contributed by atoms with E-state index in [-0.39, 0.29) is 24.5 Å². The third-order valence-electron chi connectivity index (χ3n) is 5.91. The van der Waals surface area contributed by atoms with E-state index in [2.05, 4.69) is 11.4 Å². The average Bonchev–Trinajstić information content (AvgIpc) is 3.26. The maximum Gasteiger partial charge on any atom is 0.261 e. The number of amides is 2. The van der Waals surface area contributed by atoms with Gasteiger partial charge in [-0.1, -0.05) is 67.3 Å². The second-order valence-electron chi connectivity index (χ2n) is 8.53. The summed E-state index contributed by atoms with van der Waals surface area (Å²) < 4.78 is 5.75. The Kier molecular flexibility index (Phi) is 8.10. The van der Waals surface area contributed by atoms with E-state index in [0.29, 0.717) is 18.7 Å². The van der Waals surface area contributed by atoms with E-state index in [1.807, 2.05) is 63.2 Å². The van der Waals surface area contributed by atoms with Crippen molar-refractivity contribution >= 4 is 11.8 Å². The van der Waals surface area contributed by atoms with Crippen LogP contribution in [0.1, 0.15) is 55.7 Å². The lowest BCUT2D eigenvalue weighted by atomic mass is 10.1. The number of benzene rings is 2. The van der Waals surface area contributed by atoms with Crippen LogP contribution in [0.4, 0.5) is 0 Å². The van der Waals surface area contributed by atoms with Crippen molar-refractivity contribution in [3.05, 3.63) is 65.2 Å². The molecule has 1 saturated carbocycles. The second kappa shape index (κ2) is 11.0. The van der Waals surface area contributed by atoms with Crippen molar-refractivity contribution in [1.29, 1.82) is 0 Å². The summed E-state index contributed by atoms with van der Waals surface area (Å²) in [5.74, 6) is 0.402. The van der Waals surface area contributed by atoms with Crippen molar-refractivity contribution in [1.82, 2.24) is 10.2 Å². The van der Waals surface area contributed by atoms with Gasteiger partial charge in [-0.25, -0.2) is 0 Å². The van der Waals surface area contributed by atoms with Crippen LogP contribution in [0.3, 0.4) is 0 Å². The average molecular weight is 423 g/mol. The zero-order valence-electron chi connectivity index (χ0n) is 18.9. The van der Waals surface area contributed by atoms with Crippen LogP contribution in [-0.2, 0) is 16.1 Å². The van der Waals surface area contributed by atoms with Crippen molar-refractivity contribution < 1.29 is 14.3 Å². The quantitative estimate of drug-likeness (QED) is 0.645. The zero-order valence-corrected chi connectivity index (χ0v) is 18.9. The molecular formula is C26H34N2O3. The summed E-state index contributed by atoms with van der Waals surface area (Å²) in [7, 11) is 0. The van der Waals surface area contributed by atoms with Crippen molar-refractivity contribution in [2.45, 2.75) is 71.5 Å². The van der Waals surface area contributed by atoms with Crippen LogP contribution < -0.4 is 10.1 Å². The molecule has 0 unspecified atom stereocenters. The van der Waals surface area contributed by atoms with Gasteiger partial charge in [0.1, 0.15) is 11.8 Å². The minimum Gasteiger partial charge on any atom is -0.484 e. The first-order valence-electron chi connectivity index (χ1n) is 11.3. The molecule has 5 nitrogen and oxygen atoms in total. The molecule has 0 heterocycles. The fraction of sp³-hybridized carbons (Fsp3) is 0.462. The summed E-state index contributed by atoms with van der Waals surface area (Å²) >= 11 is 0. The molecule has 0 saturated heterocycles.